The quantitative estimate of drug-likeness (QED) is 0.736. The van der Waals surface area contributed by atoms with Crippen LogP contribution in [-0.4, -0.2) is 17.3 Å². The number of benzene rings is 2. The third-order valence-corrected chi connectivity index (χ3v) is 3.51. The van der Waals surface area contributed by atoms with Crippen LogP contribution in [0.5, 0.6) is 5.75 Å². The fraction of sp³-hybridized carbons (Fsp3) is 0.118. The van der Waals surface area contributed by atoms with Crippen LogP contribution >= 0.6 is 0 Å². The van der Waals surface area contributed by atoms with Crippen molar-refractivity contribution in [3.8, 4) is 17.0 Å². The summed E-state index contributed by atoms with van der Waals surface area (Å²) in [7, 11) is 1.55. The van der Waals surface area contributed by atoms with Crippen molar-refractivity contribution in [2.24, 2.45) is 0 Å². The van der Waals surface area contributed by atoms with E-state index >= 15 is 0 Å². The number of rotatable bonds is 2. The molecule has 22 heavy (non-hydrogen) atoms. The molecule has 108 valence electrons. The van der Waals surface area contributed by atoms with Crippen LogP contribution in [0.1, 0.15) is 5.56 Å². The van der Waals surface area contributed by atoms with E-state index in [1.165, 1.54) is 0 Å². The Morgan fingerprint density at radius 2 is 2.00 bits per heavy atom. The van der Waals surface area contributed by atoms with E-state index in [2.05, 4.69) is 15.0 Å². The summed E-state index contributed by atoms with van der Waals surface area (Å²) in [4.78, 5) is 15.4. The van der Waals surface area contributed by atoms with Crippen molar-refractivity contribution in [1.29, 1.82) is 0 Å². The minimum atomic E-state index is -0.223. The van der Waals surface area contributed by atoms with Gasteiger partial charge in [0, 0.05) is 10.9 Å². The van der Waals surface area contributed by atoms with Gasteiger partial charge >= 0.3 is 0 Å². The third kappa shape index (κ3) is 2.21. The van der Waals surface area contributed by atoms with Gasteiger partial charge in [0.2, 0.25) is 0 Å². The zero-order chi connectivity index (χ0) is 15.7. The maximum absolute atomic E-state index is 12.0. The van der Waals surface area contributed by atoms with Gasteiger partial charge in [0.1, 0.15) is 11.4 Å². The minimum Gasteiger partial charge on any atom is -0.497 e. The smallest absolute Gasteiger partial charge is 0.272 e. The molecule has 5 nitrogen and oxygen atoms in total. The average molecular weight is 291 g/mol. The molecule has 0 unspecified atom stereocenters. The first-order valence-corrected chi connectivity index (χ1v) is 6.69. The number of hydrogen-bond donors (Lipinski definition) is 1. The molecule has 0 aliphatic rings. The number of ether oxygens (including phenoxy) is 1. The third-order valence-electron chi connectivity index (χ3n) is 3.51. The van der Waals surface area contributed by atoms with Gasteiger partial charge in [0.25, 0.3) is 5.56 Å². The van der Waals surface area contributed by atoms with Gasteiger partial charge in [-0.15, -0.1) is 0 Å². The van der Waals surface area contributed by atoms with E-state index in [9.17, 15) is 4.79 Å². The van der Waals surface area contributed by atoms with Gasteiger partial charge in [-0.2, -0.15) is 5.10 Å². The molecule has 0 radical (unpaired) electrons. The number of hydrogen-bond acceptors (Lipinski definition) is 3. The second kappa shape index (κ2) is 5.34. The number of nitrogens with one attached hydrogen (secondary N) is 1. The largest absolute Gasteiger partial charge is 0.497 e. The number of aryl methyl sites for hydroxylation is 1. The van der Waals surface area contributed by atoms with Crippen LogP contribution in [0.15, 0.2) is 41.2 Å². The molecule has 2 aromatic carbocycles. The van der Waals surface area contributed by atoms with Crippen molar-refractivity contribution in [1.82, 2.24) is 10.2 Å². The summed E-state index contributed by atoms with van der Waals surface area (Å²) in [6.07, 6.45) is 0. The van der Waals surface area contributed by atoms with Crippen molar-refractivity contribution in [2.45, 2.75) is 6.92 Å². The Labute approximate surface area is 127 Å². The highest BCUT2D eigenvalue weighted by Gasteiger charge is 2.13. The maximum atomic E-state index is 12.0. The van der Waals surface area contributed by atoms with Crippen LogP contribution in [0, 0.1) is 13.5 Å². The summed E-state index contributed by atoms with van der Waals surface area (Å²) in [6, 6.07) is 10.8. The molecule has 1 heterocycles. The van der Waals surface area contributed by atoms with Crippen LogP contribution in [0.25, 0.3) is 26.9 Å². The lowest BCUT2D eigenvalue weighted by molar-refractivity contribution is 0.416. The Kier molecular flexibility index (Phi) is 3.36. The molecule has 0 saturated carbocycles. The summed E-state index contributed by atoms with van der Waals surface area (Å²) in [5.41, 5.74) is 2.64. The first kappa shape index (κ1) is 13.8. The predicted molar refractivity (Wildman–Crippen MR) is 85.4 cm³/mol. The highest BCUT2D eigenvalue weighted by molar-refractivity contribution is 5.95. The van der Waals surface area contributed by atoms with Crippen molar-refractivity contribution >= 4 is 16.5 Å². The predicted octanol–water partition coefficient (Wildman–Crippen LogP) is 3.46. The molecule has 1 aromatic heterocycles. The molecular weight excluding hydrogens is 278 g/mol. The van der Waals surface area contributed by atoms with Crippen LogP contribution in [0.2, 0.25) is 0 Å². The van der Waals surface area contributed by atoms with Crippen molar-refractivity contribution < 1.29 is 4.74 Å². The van der Waals surface area contributed by atoms with E-state index in [1.54, 1.807) is 25.3 Å². The number of aromatic nitrogens is 2. The monoisotopic (exact) mass is 291 g/mol. The molecule has 3 rings (SSSR count). The van der Waals surface area contributed by atoms with Crippen LogP contribution in [-0.2, 0) is 0 Å². The molecule has 3 aromatic rings. The lowest BCUT2D eigenvalue weighted by Gasteiger charge is -2.10. The SMILES string of the molecule is [C-]#[N+]c1ccc(-c2n[nH]c(=O)c3cc(C)ccc23)c(OC)c1. The maximum Gasteiger partial charge on any atom is 0.272 e. The van der Waals surface area contributed by atoms with Crippen molar-refractivity contribution in [2.75, 3.05) is 7.11 Å². The minimum absolute atomic E-state index is 0.223. The summed E-state index contributed by atoms with van der Waals surface area (Å²) in [5.74, 6) is 0.551. The molecule has 1 N–H and O–H groups in total. The molecule has 0 saturated heterocycles. The van der Waals surface area contributed by atoms with E-state index in [-0.39, 0.29) is 5.56 Å². The topological polar surface area (TPSA) is 59.3 Å². The van der Waals surface area contributed by atoms with Crippen LogP contribution < -0.4 is 10.3 Å². The molecule has 0 spiro atoms. The van der Waals surface area contributed by atoms with Gasteiger partial charge in [-0.25, -0.2) is 9.94 Å². The second-order valence-corrected chi connectivity index (χ2v) is 4.95. The molecule has 0 bridgehead atoms. The zero-order valence-corrected chi connectivity index (χ0v) is 12.2. The Balaban J connectivity index is 2.34. The lowest BCUT2D eigenvalue weighted by Crippen LogP contribution is -2.09. The Morgan fingerprint density at radius 3 is 2.73 bits per heavy atom. The van der Waals surface area contributed by atoms with Gasteiger partial charge in [-0.05, 0) is 19.1 Å². The van der Waals surface area contributed by atoms with Crippen LogP contribution in [0.4, 0.5) is 5.69 Å². The Morgan fingerprint density at radius 1 is 1.18 bits per heavy atom. The van der Waals surface area contributed by atoms with Gasteiger partial charge < -0.3 is 4.74 Å². The fourth-order valence-corrected chi connectivity index (χ4v) is 2.43. The standard InChI is InChI=1S/C17H13N3O2/c1-10-4-6-12-14(8-10)17(21)20-19-16(12)13-7-5-11(18-2)9-15(13)22-3/h4-9H,1,3H3,(H,20,21). The number of methoxy groups -OCH3 is 1. The van der Waals surface area contributed by atoms with E-state index in [0.29, 0.717) is 22.5 Å². The first-order valence-electron chi connectivity index (χ1n) is 6.69. The Bertz CT molecular complexity index is 968. The second-order valence-electron chi connectivity index (χ2n) is 4.95. The van der Waals surface area contributed by atoms with Gasteiger partial charge in [-0.3, -0.25) is 4.79 Å². The van der Waals surface area contributed by atoms with Crippen LogP contribution in [0.3, 0.4) is 0 Å². The van der Waals surface area contributed by atoms with E-state index in [0.717, 1.165) is 16.5 Å². The van der Waals surface area contributed by atoms with Crippen molar-refractivity contribution in [3.63, 3.8) is 0 Å². The lowest BCUT2D eigenvalue weighted by atomic mass is 10.0. The highest BCUT2D eigenvalue weighted by Crippen LogP contribution is 2.35. The molecule has 0 aliphatic carbocycles. The normalized spacial score (nSPS) is 10.4. The molecule has 0 atom stereocenters. The van der Waals surface area contributed by atoms with Crippen molar-refractivity contribution in [3.05, 3.63) is 63.7 Å². The van der Waals surface area contributed by atoms with E-state index in [1.807, 2.05) is 25.1 Å². The van der Waals surface area contributed by atoms with E-state index in [4.69, 9.17) is 11.3 Å². The summed E-state index contributed by atoms with van der Waals surface area (Å²) < 4.78 is 5.37. The number of fused-ring (bicyclic) bond motifs is 1. The molecule has 0 fully saturated rings. The average Bonchev–Trinajstić information content (AvgIpc) is 2.55. The van der Waals surface area contributed by atoms with Gasteiger partial charge in [-0.1, -0.05) is 29.8 Å². The number of H-pyrrole nitrogens is 1. The van der Waals surface area contributed by atoms with Gasteiger partial charge in [0.05, 0.1) is 19.1 Å². The molecule has 5 heteroatoms. The number of nitrogens with zero attached hydrogens (tertiary/aromatic N) is 2. The van der Waals surface area contributed by atoms with E-state index < -0.39 is 0 Å². The summed E-state index contributed by atoms with van der Waals surface area (Å²) in [5, 5.41) is 8.04. The fourth-order valence-electron chi connectivity index (χ4n) is 2.43. The zero-order valence-electron chi connectivity index (χ0n) is 12.2. The summed E-state index contributed by atoms with van der Waals surface area (Å²) in [6.45, 7) is 9.01. The Hall–Kier alpha value is -3.13. The molecule has 0 aliphatic heterocycles. The first-order chi connectivity index (χ1) is 10.6. The van der Waals surface area contributed by atoms with Gasteiger partial charge in [0.15, 0.2) is 5.69 Å². The number of aromatic amines is 1. The molecular formula is C17H13N3O2. The molecule has 0 amide bonds. The highest BCUT2D eigenvalue weighted by atomic mass is 16.5. The summed E-state index contributed by atoms with van der Waals surface area (Å²) >= 11 is 0.